The predicted octanol–water partition coefficient (Wildman–Crippen LogP) is 4.99. The fraction of sp³-hybridized carbons (Fsp3) is 0.318. The highest BCUT2D eigenvalue weighted by Gasteiger charge is 2.22. The molecule has 3 aromatic rings. The molecule has 0 aliphatic carbocycles. The number of aryl methyl sites for hydroxylation is 2. The molecule has 1 fully saturated rings. The van der Waals surface area contributed by atoms with Crippen LogP contribution in [0, 0.1) is 13.8 Å². The van der Waals surface area contributed by atoms with Crippen LogP contribution >= 0.6 is 34.7 Å². The number of carbonyl (C=O) groups excluding carboxylic acids is 1. The molecule has 0 saturated carbocycles. The van der Waals surface area contributed by atoms with Crippen LogP contribution in [0.15, 0.2) is 46.8 Å². The number of thioether (sulfide) groups is 1. The first-order chi connectivity index (χ1) is 15.0. The standard InChI is InChI=1S/C22H24ClN5OS2/c1-15-4-3-5-18(12-15)27-8-10-28(11-9-27)20(29)14-30-22-26-25-21(31-22)24-17-7-6-16(2)19(23)13-17/h3-7,12-13H,8-11,14H2,1-2H3,(H,24,25). The molecule has 0 unspecified atom stereocenters. The zero-order valence-electron chi connectivity index (χ0n) is 17.5. The topological polar surface area (TPSA) is 61.4 Å². The van der Waals surface area contributed by atoms with Gasteiger partial charge in [-0.25, -0.2) is 0 Å². The summed E-state index contributed by atoms with van der Waals surface area (Å²) in [6, 6.07) is 14.3. The molecule has 1 aliphatic rings. The van der Waals surface area contributed by atoms with E-state index in [1.54, 1.807) is 0 Å². The van der Waals surface area contributed by atoms with Gasteiger partial charge in [0, 0.05) is 42.6 Å². The van der Waals surface area contributed by atoms with Crippen molar-refractivity contribution in [1.29, 1.82) is 0 Å². The normalized spacial score (nSPS) is 14.0. The summed E-state index contributed by atoms with van der Waals surface area (Å²) in [6.45, 7) is 7.25. The molecule has 6 nitrogen and oxygen atoms in total. The molecule has 162 valence electrons. The van der Waals surface area contributed by atoms with E-state index >= 15 is 0 Å². The number of nitrogens with zero attached hydrogens (tertiary/aromatic N) is 4. The largest absolute Gasteiger partial charge is 0.368 e. The predicted molar refractivity (Wildman–Crippen MR) is 130 cm³/mol. The number of nitrogens with one attached hydrogen (secondary N) is 1. The number of hydrogen-bond acceptors (Lipinski definition) is 7. The minimum atomic E-state index is 0.143. The van der Waals surface area contributed by atoms with Crippen molar-refractivity contribution in [3.05, 3.63) is 58.6 Å². The smallest absolute Gasteiger partial charge is 0.233 e. The van der Waals surface area contributed by atoms with Crippen molar-refractivity contribution in [2.45, 2.75) is 18.2 Å². The van der Waals surface area contributed by atoms with Gasteiger partial charge < -0.3 is 15.1 Å². The lowest BCUT2D eigenvalue weighted by Gasteiger charge is -2.36. The zero-order chi connectivity index (χ0) is 21.8. The molecule has 1 N–H and O–H groups in total. The number of halogens is 1. The lowest BCUT2D eigenvalue weighted by Crippen LogP contribution is -2.49. The van der Waals surface area contributed by atoms with E-state index in [0.29, 0.717) is 15.9 Å². The van der Waals surface area contributed by atoms with E-state index in [2.05, 4.69) is 51.6 Å². The summed E-state index contributed by atoms with van der Waals surface area (Å²) in [4.78, 5) is 16.9. The van der Waals surface area contributed by atoms with Gasteiger partial charge in [-0.1, -0.05) is 52.9 Å². The lowest BCUT2D eigenvalue weighted by molar-refractivity contribution is -0.128. The van der Waals surface area contributed by atoms with Gasteiger partial charge in [0.05, 0.1) is 5.75 Å². The molecular formula is C22H24ClN5OS2. The van der Waals surface area contributed by atoms with Gasteiger partial charge in [0.25, 0.3) is 0 Å². The van der Waals surface area contributed by atoms with Gasteiger partial charge >= 0.3 is 0 Å². The molecule has 2 heterocycles. The first-order valence-corrected chi connectivity index (χ1v) is 12.2. The molecule has 4 rings (SSSR count). The van der Waals surface area contributed by atoms with E-state index in [1.165, 1.54) is 34.3 Å². The molecule has 1 aromatic heterocycles. The highest BCUT2D eigenvalue weighted by atomic mass is 35.5. The van der Waals surface area contributed by atoms with Gasteiger partial charge in [-0.2, -0.15) is 0 Å². The molecule has 1 saturated heterocycles. The summed E-state index contributed by atoms with van der Waals surface area (Å²) in [5.41, 5.74) is 4.37. The minimum Gasteiger partial charge on any atom is -0.368 e. The number of anilines is 3. The van der Waals surface area contributed by atoms with E-state index in [4.69, 9.17) is 11.6 Å². The first kappa shape index (κ1) is 21.9. The van der Waals surface area contributed by atoms with Crippen LogP contribution in [-0.2, 0) is 4.79 Å². The third-order valence-corrected chi connectivity index (χ3v) is 7.51. The quantitative estimate of drug-likeness (QED) is 0.509. The summed E-state index contributed by atoms with van der Waals surface area (Å²) in [5.74, 6) is 0.513. The third-order valence-electron chi connectivity index (χ3n) is 5.15. The molecule has 0 radical (unpaired) electrons. The maximum absolute atomic E-state index is 12.6. The van der Waals surface area contributed by atoms with Gasteiger partial charge in [0.15, 0.2) is 4.34 Å². The highest BCUT2D eigenvalue weighted by Crippen LogP contribution is 2.29. The Labute approximate surface area is 195 Å². The SMILES string of the molecule is Cc1cccc(N2CCN(C(=O)CSc3nnc(Nc4ccc(C)c(Cl)c4)s3)CC2)c1. The summed E-state index contributed by atoms with van der Waals surface area (Å²) < 4.78 is 0.771. The molecule has 1 amide bonds. The van der Waals surface area contributed by atoms with Crippen LogP contribution < -0.4 is 10.2 Å². The Morgan fingerprint density at radius 3 is 2.68 bits per heavy atom. The summed E-state index contributed by atoms with van der Waals surface area (Å²) in [6.07, 6.45) is 0. The van der Waals surface area contributed by atoms with Crippen LogP contribution in [0.3, 0.4) is 0 Å². The van der Waals surface area contributed by atoms with Gasteiger partial charge in [-0.05, 0) is 49.2 Å². The molecule has 0 spiro atoms. The number of piperazine rings is 1. The van der Waals surface area contributed by atoms with Gasteiger partial charge in [0.2, 0.25) is 11.0 Å². The second kappa shape index (κ2) is 9.89. The van der Waals surface area contributed by atoms with E-state index in [0.717, 1.165) is 41.8 Å². The van der Waals surface area contributed by atoms with E-state index < -0.39 is 0 Å². The lowest BCUT2D eigenvalue weighted by atomic mass is 10.2. The summed E-state index contributed by atoms with van der Waals surface area (Å²) >= 11 is 9.04. The van der Waals surface area contributed by atoms with Crippen LogP contribution in [0.25, 0.3) is 0 Å². The highest BCUT2D eigenvalue weighted by molar-refractivity contribution is 8.01. The molecule has 0 bridgehead atoms. The van der Waals surface area contributed by atoms with E-state index in [-0.39, 0.29) is 5.91 Å². The fourth-order valence-electron chi connectivity index (χ4n) is 3.37. The monoisotopic (exact) mass is 473 g/mol. The average Bonchev–Trinajstić information content (AvgIpc) is 3.22. The van der Waals surface area contributed by atoms with Gasteiger partial charge in [0.1, 0.15) is 0 Å². The molecule has 9 heteroatoms. The third kappa shape index (κ3) is 5.70. The second-order valence-corrected chi connectivity index (χ2v) is 10.1. The Bertz CT molecular complexity index is 1070. The number of amides is 1. The maximum atomic E-state index is 12.6. The summed E-state index contributed by atoms with van der Waals surface area (Å²) in [7, 11) is 0. The van der Waals surface area contributed by atoms with Crippen molar-refractivity contribution >= 4 is 57.1 Å². The molecule has 31 heavy (non-hydrogen) atoms. The van der Waals surface area contributed by atoms with Crippen LogP contribution in [0.4, 0.5) is 16.5 Å². The minimum absolute atomic E-state index is 0.143. The number of carbonyl (C=O) groups is 1. The Morgan fingerprint density at radius 1 is 1.13 bits per heavy atom. The van der Waals surface area contributed by atoms with Crippen LogP contribution in [-0.4, -0.2) is 52.9 Å². The molecular weight excluding hydrogens is 450 g/mol. The molecule has 1 aliphatic heterocycles. The second-order valence-electron chi connectivity index (χ2n) is 7.46. The first-order valence-electron chi connectivity index (χ1n) is 10.1. The number of aromatic nitrogens is 2. The number of hydrogen-bond donors (Lipinski definition) is 1. The van der Waals surface area contributed by atoms with Crippen LogP contribution in [0.2, 0.25) is 5.02 Å². The number of benzene rings is 2. The van der Waals surface area contributed by atoms with Crippen LogP contribution in [0.1, 0.15) is 11.1 Å². The van der Waals surface area contributed by atoms with Crippen molar-refractivity contribution in [3.63, 3.8) is 0 Å². The van der Waals surface area contributed by atoms with Crippen molar-refractivity contribution < 1.29 is 4.79 Å². The van der Waals surface area contributed by atoms with Crippen molar-refractivity contribution in [2.24, 2.45) is 0 Å². The van der Waals surface area contributed by atoms with Crippen molar-refractivity contribution in [2.75, 3.05) is 42.1 Å². The van der Waals surface area contributed by atoms with Crippen LogP contribution in [0.5, 0.6) is 0 Å². The van der Waals surface area contributed by atoms with E-state index in [9.17, 15) is 4.79 Å². The maximum Gasteiger partial charge on any atom is 0.233 e. The fourth-order valence-corrected chi connectivity index (χ4v) is 5.22. The summed E-state index contributed by atoms with van der Waals surface area (Å²) in [5, 5.41) is 13.0. The Hall–Kier alpha value is -2.29. The Kier molecular flexibility index (Phi) is 6.99. The molecule has 0 atom stereocenters. The van der Waals surface area contributed by atoms with Crippen molar-refractivity contribution in [3.8, 4) is 0 Å². The van der Waals surface area contributed by atoms with Gasteiger partial charge in [-0.15, -0.1) is 10.2 Å². The van der Waals surface area contributed by atoms with Gasteiger partial charge in [-0.3, -0.25) is 4.79 Å². The Balaban J connectivity index is 1.25. The Morgan fingerprint density at radius 2 is 1.94 bits per heavy atom. The number of rotatable bonds is 6. The zero-order valence-corrected chi connectivity index (χ0v) is 19.9. The van der Waals surface area contributed by atoms with Crippen molar-refractivity contribution in [1.82, 2.24) is 15.1 Å². The molecule has 2 aromatic carbocycles. The average molecular weight is 474 g/mol. The van der Waals surface area contributed by atoms with E-state index in [1.807, 2.05) is 30.0 Å².